The van der Waals surface area contributed by atoms with Crippen molar-refractivity contribution in [2.24, 2.45) is 0 Å². The minimum absolute atomic E-state index is 0.205. The van der Waals surface area contributed by atoms with E-state index in [0.717, 1.165) is 18.7 Å². The van der Waals surface area contributed by atoms with E-state index in [1.807, 2.05) is 36.4 Å². The predicted molar refractivity (Wildman–Crippen MR) is 89.9 cm³/mol. The monoisotopic (exact) mass is 317 g/mol. The van der Waals surface area contributed by atoms with Gasteiger partial charge in [0.05, 0.1) is 0 Å². The molecule has 124 valence electrons. The highest BCUT2D eigenvalue weighted by Crippen LogP contribution is 2.12. The number of aliphatic hydroxyl groups is 1. The van der Waals surface area contributed by atoms with Crippen molar-refractivity contribution in [1.29, 1.82) is 0 Å². The SMILES string of the molecule is CCCN(Cc1ccccc1F)C[C@H](O)COc1ccccc1. The second kappa shape index (κ2) is 9.28. The number of halogens is 1. The smallest absolute Gasteiger partial charge is 0.127 e. The summed E-state index contributed by atoms with van der Waals surface area (Å²) in [5.74, 6) is 0.534. The molecular formula is C19H24FNO2. The first kappa shape index (κ1) is 17.4. The highest BCUT2D eigenvalue weighted by atomic mass is 19.1. The first-order valence-corrected chi connectivity index (χ1v) is 8.00. The Bertz CT molecular complexity index is 577. The van der Waals surface area contributed by atoms with Crippen LogP contribution < -0.4 is 4.74 Å². The highest BCUT2D eigenvalue weighted by Gasteiger charge is 2.14. The van der Waals surface area contributed by atoms with Gasteiger partial charge >= 0.3 is 0 Å². The fraction of sp³-hybridized carbons (Fsp3) is 0.368. The van der Waals surface area contributed by atoms with Crippen molar-refractivity contribution in [1.82, 2.24) is 4.90 Å². The minimum Gasteiger partial charge on any atom is -0.491 e. The highest BCUT2D eigenvalue weighted by molar-refractivity contribution is 5.21. The summed E-state index contributed by atoms with van der Waals surface area (Å²) in [4.78, 5) is 2.05. The van der Waals surface area contributed by atoms with Crippen LogP contribution in [0.15, 0.2) is 54.6 Å². The minimum atomic E-state index is -0.617. The van der Waals surface area contributed by atoms with Gasteiger partial charge in [-0.2, -0.15) is 0 Å². The van der Waals surface area contributed by atoms with Crippen LogP contribution in [-0.2, 0) is 6.54 Å². The van der Waals surface area contributed by atoms with Crippen molar-refractivity contribution in [2.75, 3.05) is 19.7 Å². The molecule has 0 saturated heterocycles. The molecule has 0 heterocycles. The van der Waals surface area contributed by atoms with E-state index in [2.05, 4.69) is 11.8 Å². The standard InChI is InChI=1S/C19H24FNO2/c1-2-12-21(13-16-8-6-7-11-19(16)20)14-17(22)15-23-18-9-4-3-5-10-18/h3-11,17,22H,2,12-15H2,1H3/t17-/m0/s1. The summed E-state index contributed by atoms with van der Waals surface area (Å²) < 4.78 is 19.4. The van der Waals surface area contributed by atoms with E-state index in [9.17, 15) is 9.50 Å². The number of aliphatic hydroxyl groups excluding tert-OH is 1. The maximum absolute atomic E-state index is 13.8. The Balaban J connectivity index is 1.87. The van der Waals surface area contributed by atoms with Crippen molar-refractivity contribution in [3.8, 4) is 5.75 Å². The van der Waals surface area contributed by atoms with Gasteiger partial charge in [-0.05, 0) is 31.2 Å². The van der Waals surface area contributed by atoms with Gasteiger partial charge in [-0.25, -0.2) is 4.39 Å². The van der Waals surface area contributed by atoms with Gasteiger partial charge < -0.3 is 9.84 Å². The number of nitrogens with zero attached hydrogens (tertiary/aromatic N) is 1. The van der Waals surface area contributed by atoms with E-state index in [1.54, 1.807) is 12.1 Å². The van der Waals surface area contributed by atoms with Crippen molar-refractivity contribution in [3.05, 3.63) is 66.0 Å². The summed E-state index contributed by atoms with van der Waals surface area (Å²) in [6.45, 7) is 4.04. The molecule has 0 aromatic heterocycles. The van der Waals surface area contributed by atoms with Crippen LogP contribution in [0, 0.1) is 5.82 Å². The molecule has 23 heavy (non-hydrogen) atoms. The Labute approximate surface area is 137 Å². The quantitative estimate of drug-likeness (QED) is 0.768. The van der Waals surface area contributed by atoms with Crippen LogP contribution in [0.25, 0.3) is 0 Å². The van der Waals surface area contributed by atoms with Crippen LogP contribution in [-0.4, -0.2) is 35.8 Å². The molecule has 0 radical (unpaired) electrons. The van der Waals surface area contributed by atoms with Gasteiger partial charge in [-0.15, -0.1) is 0 Å². The molecule has 0 saturated carbocycles. The van der Waals surface area contributed by atoms with Crippen LogP contribution in [0.2, 0.25) is 0 Å². The Hall–Kier alpha value is -1.91. The van der Waals surface area contributed by atoms with Gasteiger partial charge in [0.15, 0.2) is 0 Å². The van der Waals surface area contributed by atoms with Gasteiger partial charge in [0, 0.05) is 18.7 Å². The third kappa shape index (κ3) is 6.00. The summed E-state index contributed by atoms with van der Waals surface area (Å²) in [5, 5.41) is 10.2. The molecule has 3 nitrogen and oxygen atoms in total. The van der Waals surface area contributed by atoms with Gasteiger partial charge in [-0.3, -0.25) is 4.90 Å². The molecule has 0 spiro atoms. The first-order chi connectivity index (χ1) is 11.2. The summed E-state index contributed by atoms with van der Waals surface area (Å²) in [5.41, 5.74) is 0.650. The van der Waals surface area contributed by atoms with E-state index in [0.29, 0.717) is 18.7 Å². The summed E-state index contributed by atoms with van der Waals surface area (Å²) in [6.07, 6.45) is 0.328. The molecule has 0 aliphatic rings. The zero-order valence-electron chi connectivity index (χ0n) is 13.5. The Kier molecular flexibility index (Phi) is 7.04. The summed E-state index contributed by atoms with van der Waals surface area (Å²) >= 11 is 0. The van der Waals surface area contributed by atoms with Crippen LogP contribution in [0.3, 0.4) is 0 Å². The number of hydrogen-bond acceptors (Lipinski definition) is 3. The fourth-order valence-corrected chi connectivity index (χ4v) is 2.48. The molecule has 0 bridgehead atoms. The van der Waals surface area contributed by atoms with Gasteiger partial charge in [0.25, 0.3) is 0 Å². The average Bonchev–Trinajstić information content (AvgIpc) is 2.56. The normalized spacial score (nSPS) is 12.3. The van der Waals surface area contributed by atoms with Crippen LogP contribution in [0.5, 0.6) is 5.75 Å². The lowest BCUT2D eigenvalue weighted by Crippen LogP contribution is -2.36. The van der Waals surface area contributed by atoms with E-state index >= 15 is 0 Å². The van der Waals surface area contributed by atoms with Gasteiger partial charge in [0.2, 0.25) is 0 Å². The number of para-hydroxylation sites is 1. The molecule has 4 heteroatoms. The number of rotatable bonds is 9. The molecule has 1 N–H and O–H groups in total. The maximum atomic E-state index is 13.8. The molecule has 0 fully saturated rings. The number of ether oxygens (including phenoxy) is 1. The Morgan fingerprint density at radius 3 is 2.48 bits per heavy atom. The second-order valence-corrected chi connectivity index (χ2v) is 5.60. The lowest BCUT2D eigenvalue weighted by atomic mass is 10.2. The van der Waals surface area contributed by atoms with E-state index in [-0.39, 0.29) is 12.4 Å². The van der Waals surface area contributed by atoms with Crippen molar-refractivity contribution in [2.45, 2.75) is 26.0 Å². The van der Waals surface area contributed by atoms with E-state index in [1.165, 1.54) is 6.07 Å². The molecule has 0 aliphatic carbocycles. The molecule has 2 aromatic carbocycles. The molecule has 2 aromatic rings. The van der Waals surface area contributed by atoms with E-state index in [4.69, 9.17) is 4.74 Å². The molecule has 0 amide bonds. The largest absolute Gasteiger partial charge is 0.491 e. The van der Waals surface area contributed by atoms with Crippen LogP contribution in [0.4, 0.5) is 4.39 Å². The molecule has 0 aliphatic heterocycles. The van der Waals surface area contributed by atoms with Crippen LogP contribution in [0.1, 0.15) is 18.9 Å². The zero-order chi connectivity index (χ0) is 16.5. The third-order valence-corrected chi connectivity index (χ3v) is 3.55. The molecular weight excluding hydrogens is 293 g/mol. The first-order valence-electron chi connectivity index (χ1n) is 8.00. The Morgan fingerprint density at radius 2 is 1.78 bits per heavy atom. The van der Waals surface area contributed by atoms with Crippen molar-refractivity contribution >= 4 is 0 Å². The lowest BCUT2D eigenvalue weighted by Gasteiger charge is -2.25. The van der Waals surface area contributed by atoms with Crippen molar-refractivity contribution < 1.29 is 14.2 Å². The molecule has 0 unspecified atom stereocenters. The topological polar surface area (TPSA) is 32.7 Å². The van der Waals surface area contributed by atoms with Crippen LogP contribution >= 0.6 is 0 Å². The Morgan fingerprint density at radius 1 is 1.09 bits per heavy atom. The average molecular weight is 317 g/mol. The molecule has 2 rings (SSSR count). The van der Waals surface area contributed by atoms with Crippen molar-refractivity contribution in [3.63, 3.8) is 0 Å². The fourth-order valence-electron chi connectivity index (χ4n) is 2.48. The third-order valence-electron chi connectivity index (χ3n) is 3.55. The maximum Gasteiger partial charge on any atom is 0.127 e. The van der Waals surface area contributed by atoms with Gasteiger partial charge in [0.1, 0.15) is 24.3 Å². The van der Waals surface area contributed by atoms with Gasteiger partial charge in [-0.1, -0.05) is 43.3 Å². The summed E-state index contributed by atoms with van der Waals surface area (Å²) in [6, 6.07) is 16.2. The summed E-state index contributed by atoms with van der Waals surface area (Å²) in [7, 11) is 0. The zero-order valence-corrected chi connectivity index (χ0v) is 13.5. The van der Waals surface area contributed by atoms with E-state index < -0.39 is 6.10 Å². The molecule has 1 atom stereocenters. The number of hydrogen-bond donors (Lipinski definition) is 1. The lowest BCUT2D eigenvalue weighted by molar-refractivity contribution is 0.0652. The second-order valence-electron chi connectivity index (χ2n) is 5.60. The predicted octanol–water partition coefficient (Wildman–Crippen LogP) is 3.48. The number of benzene rings is 2.